The first kappa shape index (κ1) is 14.2. The number of nitrogens with zero attached hydrogens (tertiary/aromatic N) is 3. The summed E-state index contributed by atoms with van der Waals surface area (Å²) in [5.41, 5.74) is -1.30. The number of ether oxygens (including phenoxy) is 1. The van der Waals surface area contributed by atoms with Crippen LogP contribution in [0.25, 0.3) is 0 Å². The maximum Gasteiger partial charge on any atom is 0.341 e. The Morgan fingerprint density at radius 1 is 1.50 bits per heavy atom. The summed E-state index contributed by atoms with van der Waals surface area (Å²) in [7, 11) is 3.18. The molecule has 0 N–H and O–H groups in total. The average molecular weight is 221 g/mol. The highest BCUT2D eigenvalue weighted by Crippen LogP contribution is 2.22. The van der Waals surface area contributed by atoms with Gasteiger partial charge in [-0.1, -0.05) is 6.58 Å². The molecule has 0 amide bonds. The summed E-state index contributed by atoms with van der Waals surface area (Å²) in [6.07, 6.45) is -0.0498. The lowest BCUT2D eigenvalue weighted by atomic mass is 9.92. The fraction of sp³-hybridized carbons (Fsp3) is 0.545. The average Bonchev–Trinajstić information content (AvgIpc) is 2.25. The lowest BCUT2D eigenvalue weighted by molar-refractivity contribution is -0.152. The molecule has 0 aromatic carbocycles. The fourth-order valence-corrected chi connectivity index (χ4v) is 1.20. The first-order chi connectivity index (χ1) is 7.44. The predicted molar refractivity (Wildman–Crippen MR) is 58.0 cm³/mol. The van der Waals surface area contributed by atoms with Crippen LogP contribution in [0.3, 0.4) is 0 Å². The Balaban J connectivity index is 5.19. The van der Waals surface area contributed by atoms with Crippen LogP contribution in [0.1, 0.15) is 13.3 Å². The van der Waals surface area contributed by atoms with Crippen molar-refractivity contribution in [2.75, 3.05) is 20.7 Å². The molecule has 1 atom stereocenters. The molecule has 5 heteroatoms. The molecule has 86 valence electrons. The molecule has 0 aliphatic heterocycles. The zero-order valence-corrected chi connectivity index (χ0v) is 9.78. The maximum absolute atomic E-state index is 11.8. The molecule has 5 nitrogen and oxygen atoms in total. The number of carbonyl (C=O) groups excluding carboxylic acids is 1. The van der Waals surface area contributed by atoms with Gasteiger partial charge >= 0.3 is 5.97 Å². The number of nitriles is 2. The summed E-state index contributed by atoms with van der Waals surface area (Å²) in [5.74, 6) is -0.654. The van der Waals surface area contributed by atoms with Crippen LogP contribution in [0, 0.1) is 22.7 Å². The third-order valence-corrected chi connectivity index (χ3v) is 2.19. The molecule has 0 aliphatic carbocycles. The van der Waals surface area contributed by atoms with Crippen molar-refractivity contribution >= 4 is 5.97 Å². The van der Waals surface area contributed by atoms with Crippen LogP contribution >= 0.6 is 0 Å². The number of rotatable bonds is 5. The van der Waals surface area contributed by atoms with Crippen LogP contribution in [0.5, 0.6) is 0 Å². The van der Waals surface area contributed by atoms with Gasteiger partial charge in [-0.2, -0.15) is 10.5 Å². The summed E-state index contributed by atoms with van der Waals surface area (Å²) < 4.78 is 4.85. The Morgan fingerprint density at radius 3 is 2.38 bits per heavy atom. The molecule has 0 aromatic rings. The highest BCUT2D eigenvalue weighted by molar-refractivity contribution is 5.85. The van der Waals surface area contributed by atoms with E-state index in [1.54, 1.807) is 21.0 Å². The van der Waals surface area contributed by atoms with Crippen LogP contribution in [-0.2, 0) is 9.53 Å². The Hall–Kier alpha value is -1.85. The van der Waals surface area contributed by atoms with E-state index in [4.69, 9.17) is 15.3 Å². The van der Waals surface area contributed by atoms with Crippen LogP contribution in [0.4, 0.5) is 0 Å². The second-order valence-corrected chi connectivity index (χ2v) is 3.48. The van der Waals surface area contributed by atoms with Crippen molar-refractivity contribution in [2.45, 2.75) is 18.9 Å². The van der Waals surface area contributed by atoms with Crippen molar-refractivity contribution in [1.82, 2.24) is 4.90 Å². The van der Waals surface area contributed by atoms with Gasteiger partial charge in [-0.3, -0.25) is 4.90 Å². The maximum atomic E-state index is 11.8. The molecular formula is C11H15N3O2. The van der Waals surface area contributed by atoms with Gasteiger partial charge in [0.25, 0.3) is 0 Å². The number of esters is 1. The highest BCUT2D eigenvalue weighted by Gasteiger charge is 2.43. The Kier molecular flexibility index (Phi) is 5.21. The van der Waals surface area contributed by atoms with Crippen molar-refractivity contribution in [3.8, 4) is 12.1 Å². The first-order valence-electron chi connectivity index (χ1n) is 4.78. The van der Waals surface area contributed by atoms with E-state index in [1.165, 1.54) is 4.90 Å². The number of carbonyl (C=O) groups is 1. The van der Waals surface area contributed by atoms with Crippen molar-refractivity contribution in [3.63, 3.8) is 0 Å². The third-order valence-electron chi connectivity index (χ3n) is 2.19. The monoisotopic (exact) mass is 221 g/mol. The molecule has 1 unspecified atom stereocenters. The van der Waals surface area contributed by atoms with Crippen molar-refractivity contribution < 1.29 is 9.53 Å². The van der Waals surface area contributed by atoms with Gasteiger partial charge in [-0.15, -0.1) is 0 Å². The molecule has 0 saturated carbocycles. The second-order valence-electron chi connectivity index (χ2n) is 3.48. The van der Waals surface area contributed by atoms with E-state index in [1.807, 2.05) is 12.1 Å². The minimum Gasteiger partial charge on any atom is -0.464 e. The summed E-state index contributed by atoms with van der Waals surface area (Å²) in [6.45, 7) is 5.34. The second kappa shape index (κ2) is 5.89. The minimum absolute atomic E-state index is 0.0498. The Bertz CT molecular complexity index is 362. The summed E-state index contributed by atoms with van der Waals surface area (Å²) in [5, 5.41) is 17.8. The molecular weight excluding hydrogens is 206 g/mol. The van der Waals surface area contributed by atoms with E-state index in [-0.39, 0.29) is 18.6 Å². The molecule has 0 rings (SSSR count). The molecule has 0 fully saturated rings. The van der Waals surface area contributed by atoms with E-state index >= 15 is 0 Å². The van der Waals surface area contributed by atoms with Gasteiger partial charge in [0.05, 0.1) is 18.7 Å². The zero-order chi connectivity index (χ0) is 12.8. The van der Waals surface area contributed by atoms with Gasteiger partial charge < -0.3 is 4.74 Å². The van der Waals surface area contributed by atoms with Crippen LogP contribution in [0.15, 0.2) is 12.2 Å². The third kappa shape index (κ3) is 2.82. The van der Waals surface area contributed by atoms with Gasteiger partial charge in [-0.25, -0.2) is 4.79 Å². The smallest absolute Gasteiger partial charge is 0.341 e. The van der Waals surface area contributed by atoms with E-state index in [0.29, 0.717) is 0 Å². The molecule has 0 saturated heterocycles. The van der Waals surface area contributed by atoms with Crippen molar-refractivity contribution in [3.05, 3.63) is 12.2 Å². The lowest BCUT2D eigenvalue weighted by Crippen LogP contribution is -2.51. The molecule has 0 radical (unpaired) electrons. The Morgan fingerprint density at radius 2 is 2.06 bits per heavy atom. The van der Waals surface area contributed by atoms with E-state index < -0.39 is 11.5 Å². The lowest BCUT2D eigenvalue weighted by Gasteiger charge is -2.30. The van der Waals surface area contributed by atoms with Crippen molar-refractivity contribution in [2.24, 2.45) is 0 Å². The molecule has 0 heterocycles. The summed E-state index contributed by atoms with van der Waals surface area (Å²) in [4.78, 5) is 13.2. The zero-order valence-electron chi connectivity index (χ0n) is 9.78. The van der Waals surface area contributed by atoms with Gasteiger partial charge in [0.2, 0.25) is 5.54 Å². The normalized spacial score (nSPS) is 13.4. The van der Waals surface area contributed by atoms with Crippen molar-refractivity contribution in [1.29, 1.82) is 10.5 Å². The number of hydrogen-bond acceptors (Lipinski definition) is 5. The standard InChI is InChI=1S/C11H15N3O2/c1-5-16-10(15)11(8-13,14(3)4)6-9(2)7-12/h2,5-6H2,1,3-4H3. The molecule has 0 aliphatic rings. The minimum atomic E-state index is -1.47. The number of hydrogen-bond donors (Lipinski definition) is 0. The summed E-state index contributed by atoms with van der Waals surface area (Å²) >= 11 is 0. The van der Waals surface area contributed by atoms with Gasteiger partial charge in [0.15, 0.2) is 0 Å². The topological polar surface area (TPSA) is 77.1 Å². The van der Waals surface area contributed by atoms with Gasteiger partial charge in [0, 0.05) is 12.0 Å². The highest BCUT2D eigenvalue weighted by atomic mass is 16.5. The van der Waals surface area contributed by atoms with Crippen LogP contribution < -0.4 is 0 Å². The fourth-order valence-electron chi connectivity index (χ4n) is 1.20. The van der Waals surface area contributed by atoms with E-state index in [9.17, 15) is 4.79 Å². The molecule has 0 bridgehead atoms. The summed E-state index contributed by atoms with van der Waals surface area (Å²) in [6, 6.07) is 3.73. The molecule has 0 aromatic heterocycles. The quantitative estimate of drug-likeness (QED) is 0.508. The predicted octanol–water partition coefficient (Wildman–Crippen LogP) is 0.843. The van der Waals surface area contributed by atoms with Gasteiger partial charge in [-0.05, 0) is 21.0 Å². The number of likely N-dealkylation sites (N-methyl/N-ethyl adjacent to an activating group) is 1. The van der Waals surface area contributed by atoms with E-state index in [0.717, 1.165) is 0 Å². The Labute approximate surface area is 95.5 Å². The molecule has 0 spiro atoms. The van der Waals surface area contributed by atoms with Gasteiger partial charge in [0.1, 0.15) is 0 Å². The van der Waals surface area contributed by atoms with E-state index in [2.05, 4.69) is 6.58 Å². The molecule has 16 heavy (non-hydrogen) atoms. The van der Waals surface area contributed by atoms with Crippen LogP contribution in [-0.4, -0.2) is 37.1 Å². The first-order valence-corrected chi connectivity index (χ1v) is 4.78. The largest absolute Gasteiger partial charge is 0.464 e. The SMILES string of the molecule is C=C(C#N)CC(C#N)(C(=O)OCC)N(C)C. The van der Waals surface area contributed by atoms with Crippen LogP contribution in [0.2, 0.25) is 0 Å².